The lowest BCUT2D eigenvalue weighted by Crippen LogP contribution is -2.42. The molecule has 0 radical (unpaired) electrons. The largest absolute Gasteiger partial charge is 0.490 e. The van der Waals surface area contributed by atoms with E-state index in [4.69, 9.17) is 37.4 Å². The molecule has 1 N–H and O–H groups in total. The molecule has 0 aliphatic carbocycles. The van der Waals surface area contributed by atoms with E-state index in [0.29, 0.717) is 54.5 Å². The zero-order valence-corrected chi connectivity index (χ0v) is 18.8. The molecule has 9 heteroatoms. The van der Waals surface area contributed by atoms with Crippen LogP contribution in [0.4, 0.5) is 0 Å². The van der Waals surface area contributed by atoms with Crippen LogP contribution in [0.15, 0.2) is 41.5 Å². The quantitative estimate of drug-likeness (QED) is 0.450. The van der Waals surface area contributed by atoms with E-state index in [9.17, 15) is 4.79 Å². The molecule has 0 unspecified atom stereocenters. The van der Waals surface area contributed by atoms with Crippen LogP contribution in [-0.4, -0.2) is 56.5 Å². The van der Waals surface area contributed by atoms with Crippen molar-refractivity contribution in [2.75, 3.05) is 39.5 Å². The number of nitrogens with one attached hydrogen (secondary N) is 1. The van der Waals surface area contributed by atoms with E-state index < -0.39 is 0 Å². The van der Waals surface area contributed by atoms with Gasteiger partial charge in [-0.15, -0.1) is 0 Å². The van der Waals surface area contributed by atoms with Crippen molar-refractivity contribution >= 4 is 35.3 Å². The zero-order valence-electron chi connectivity index (χ0n) is 17.3. The number of morpholine rings is 1. The van der Waals surface area contributed by atoms with Crippen LogP contribution < -0.4 is 14.9 Å². The summed E-state index contributed by atoms with van der Waals surface area (Å²) in [6.07, 6.45) is 1.57. The first-order valence-electron chi connectivity index (χ1n) is 10.0. The molecule has 0 spiro atoms. The summed E-state index contributed by atoms with van der Waals surface area (Å²) in [5.41, 5.74) is 4.22. The lowest BCUT2D eigenvalue weighted by Gasteiger charge is -2.25. The van der Waals surface area contributed by atoms with E-state index in [2.05, 4.69) is 10.5 Å². The van der Waals surface area contributed by atoms with Gasteiger partial charge in [-0.25, -0.2) is 5.43 Å². The Hall–Kier alpha value is -2.32. The van der Waals surface area contributed by atoms with Gasteiger partial charge in [0, 0.05) is 13.1 Å². The normalized spacial score (nSPS) is 14.5. The second kappa shape index (κ2) is 11.9. The third kappa shape index (κ3) is 7.40. The summed E-state index contributed by atoms with van der Waals surface area (Å²) in [5.74, 6) is 1.03. The third-order valence-electron chi connectivity index (χ3n) is 4.52. The summed E-state index contributed by atoms with van der Waals surface area (Å²) >= 11 is 12.0. The molecule has 1 aliphatic rings. The summed E-state index contributed by atoms with van der Waals surface area (Å²) in [4.78, 5) is 14.0. The molecule has 2 aromatic rings. The average molecular weight is 466 g/mol. The monoisotopic (exact) mass is 465 g/mol. The van der Waals surface area contributed by atoms with Crippen molar-refractivity contribution in [3.05, 3.63) is 57.6 Å². The van der Waals surface area contributed by atoms with Crippen molar-refractivity contribution in [1.82, 2.24) is 10.3 Å². The summed E-state index contributed by atoms with van der Waals surface area (Å²) in [6, 6.07) is 10.8. The molecule has 3 rings (SSSR count). The van der Waals surface area contributed by atoms with E-state index in [1.165, 1.54) is 0 Å². The number of halogens is 2. The number of rotatable bonds is 9. The van der Waals surface area contributed by atoms with Gasteiger partial charge < -0.3 is 14.2 Å². The number of carbonyl (C=O) groups excluding carboxylic acids is 1. The van der Waals surface area contributed by atoms with Gasteiger partial charge in [-0.3, -0.25) is 9.69 Å². The van der Waals surface area contributed by atoms with Gasteiger partial charge in [-0.2, -0.15) is 5.10 Å². The highest BCUT2D eigenvalue weighted by Gasteiger charge is 2.13. The van der Waals surface area contributed by atoms with Gasteiger partial charge in [0.05, 0.1) is 42.6 Å². The molecule has 0 aromatic heterocycles. The van der Waals surface area contributed by atoms with Gasteiger partial charge >= 0.3 is 0 Å². The molecule has 1 fully saturated rings. The van der Waals surface area contributed by atoms with Crippen molar-refractivity contribution in [3.8, 4) is 11.5 Å². The summed E-state index contributed by atoms with van der Waals surface area (Å²) in [5, 5.41) is 5.03. The van der Waals surface area contributed by atoms with Crippen LogP contribution >= 0.6 is 23.2 Å². The molecule has 1 aliphatic heterocycles. The first-order valence-corrected chi connectivity index (χ1v) is 10.8. The number of benzene rings is 2. The molecule has 166 valence electrons. The van der Waals surface area contributed by atoms with E-state index in [0.717, 1.165) is 24.2 Å². The molecule has 0 atom stereocenters. The van der Waals surface area contributed by atoms with Crippen molar-refractivity contribution in [2.45, 2.75) is 13.5 Å². The molecular weight excluding hydrogens is 441 g/mol. The Balaban J connectivity index is 1.57. The van der Waals surface area contributed by atoms with Crippen molar-refractivity contribution in [2.24, 2.45) is 5.10 Å². The summed E-state index contributed by atoms with van der Waals surface area (Å²) in [7, 11) is 0. The van der Waals surface area contributed by atoms with Gasteiger partial charge in [0.25, 0.3) is 5.91 Å². The summed E-state index contributed by atoms with van der Waals surface area (Å²) in [6.45, 7) is 5.80. The Morgan fingerprint density at radius 2 is 1.94 bits per heavy atom. The van der Waals surface area contributed by atoms with Crippen LogP contribution in [0.3, 0.4) is 0 Å². The minimum Gasteiger partial charge on any atom is -0.490 e. The Labute approximate surface area is 191 Å². The van der Waals surface area contributed by atoms with E-state index >= 15 is 0 Å². The number of nitrogens with zero attached hydrogens (tertiary/aromatic N) is 2. The maximum atomic E-state index is 12.0. The number of hydrogen-bond acceptors (Lipinski definition) is 6. The first kappa shape index (κ1) is 23.3. The minimum absolute atomic E-state index is 0.162. The van der Waals surface area contributed by atoms with E-state index in [1.807, 2.05) is 30.0 Å². The summed E-state index contributed by atoms with van der Waals surface area (Å²) < 4.78 is 16.9. The Kier molecular flexibility index (Phi) is 8.97. The van der Waals surface area contributed by atoms with Gasteiger partial charge in [-0.1, -0.05) is 29.3 Å². The highest BCUT2D eigenvalue weighted by Crippen LogP contribution is 2.30. The van der Waals surface area contributed by atoms with Gasteiger partial charge in [0.15, 0.2) is 11.5 Å². The lowest BCUT2D eigenvalue weighted by molar-refractivity contribution is -0.123. The SMILES string of the molecule is CCOc1cc(C=NNC(=O)CN2CCOCC2)ccc1OCc1ccc(Cl)c(Cl)c1. The standard InChI is InChI=1S/C22H25Cl2N3O4/c1-2-30-21-12-16(13-25-26-22(28)14-27-7-9-29-10-8-27)4-6-20(21)31-15-17-3-5-18(23)19(24)11-17/h3-6,11-13H,2,7-10,14-15H2,1H3,(H,26,28). The van der Waals surface area contributed by atoms with Gasteiger partial charge in [0.1, 0.15) is 6.61 Å². The van der Waals surface area contributed by atoms with E-state index in [-0.39, 0.29) is 5.91 Å². The number of hydrogen-bond donors (Lipinski definition) is 1. The van der Waals surface area contributed by atoms with Crippen LogP contribution in [0.25, 0.3) is 0 Å². The highest BCUT2D eigenvalue weighted by atomic mass is 35.5. The predicted molar refractivity (Wildman–Crippen MR) is 121 cm³/mol. The maximum Gasteiger partial charge on any atom is 0.254 e. The zero-order chi connectivity index (χ0) is 22.1. The highest BCUT2D eigenvalue weighted by molar-refractivity contribution is 6.42. The molecule has 1 heterocycles. The van der Waals surface area contributed by atoms with Crippen LogP contribution in [0.1, 0.15) is 18.1 Å². The molecule has 2 aromatic carbocycles. The Morgan fingerprint density at radius 1 is 1.13 bits per heavy atom. The maximum absolute atomic E-state index is 12.0. The van der Waals surface area contributed by atoms with Crippen LogP contribution in [0.2, 0.25) is 10.0 Å². The predicted octanol–water partition coefficient (Wildman–Crippen LogP) is 3.75. The topological polar surface area (TPSA) is 72.4 Å². The molecule has 1 amide bonds. The smallest absolute Gasteiger partial charge is 0.254 e. The number of ether oxygens (including phenoxy) is 3. The number of amides is 1. The molecular formula is C22H25Cl2N3O4. The minimum atomic E-state index is -0.162. The molecule has 7 nitrogen and oxygen atoms in total. The molecule has 31 heavy (non-hydrogen) atoms. The van der Waals surface area contributed by atoms with Crippen molar-refractivity contribution in [1.29, 1.82) is 0 Å². The lowest BCUT2D eigenvalue weighted by atomic mass is 10.2. The fourth-order valence-electron chi connectivity index (χ4n) is 2.96. The number of carbonyl (C=O) groups is 1. The van der Waals surface area contributed by atoms with Crippen molar-refractivity contribution < 1.29 is 19.0 Å². The second-order valence-electron chi connectivity index (χ2n) is 6.86. The molecule has 0 saturated carbocycles. The molecule has 0 bridgehead atoms. The Morgan fingerprint density at radius 3 is 2.68 bits per heavy atom. The second-order valence-corrected chi connectivity index (χ2v) is 7.67. The molecule has 1 saturated heterocycles. The van der Waals surface area contributed by atoms with Crippen LogP contribution in [0.5, 0.6) is 11.5 Å². The Bertz CT molecular complexity index is 918. The average Bonchev–Trinajstić information content (AvgIpc) is 2.76. The van der Waals surface area contributed by atoms with Gasteiger partial charge in [0.2, 0.25) is 0 Å². The van der Waals surface area contributed by atoms with E-state index in [1.54, 1.807) is 24.4 Å². The number of hydrazone groups is 1. The fourth-order valence-corrected chi connectivity index (χ4v) is 3.28. The van der Waals surface area contributed by atoms with Gasteiger partial charge in [-0.05, 0) is 48.4 Å². The van der Waals surface area contributed by atoms with Crippen LogP contribution in [-0.2, 0) is 16.1 Å². The van der Waals surface area contributed by atoms with Crippen molar-refractivity contribution in [3.63, 3.8) is 0 Å². The fraction of sp³-hybridized carbons (Fsp3) is 0.364. The first-order chi connectivity index (χ1) is 15.0. The third-order valence-corrected chi connectivity index (χ3v) is 5.26. The van der Waals surface area contributed by atoms with Crippen LogP contribution in [0, 0.1) is 0 Å².